The number of amides is 2. The summed E-state index contributed by atoms with van der Waals surface area (Å²) in [7, 11) is 3.07. The standard InChI is InChI=1S/C20H24N6O3/c1-14-23-17(13-18(24-14)26-11-4-5-12-26)21-9-10-22-20(27)25-15-7-6-8-16(28-2)19(15)29-3/h4-8,11-13H,9-10H2,1-3H3,(H,21,23,24)(H2,22,25,27). The maximum atomic E-state index is 12.2. The highest BCUT2D eigenvalue weighted by molar-refractivity contribution is 5.91. The van der Waals surface area contributed by atoms with Gasteiger partial charge < -0.3 is 30.0 Å². The van der Waals surface area contributed by atoms with Gasteiger partial charge in [0.2, 0.25) is 0 Å². The van der Waals surface area contributed by atoms with Crippen molar-refractivity contribution in [2.75, 3.05) is 37.9 Å². The molecule has 1 aromatic carbocycles. The van der Waals surface area contributed by atoms with Crippen LogP contribution in [0.4, 0.5) is 16.3 Å². The zero-order valence-corrected chi connectivity index (χ0v) is 16.6. The van der Waals surface area contributed by atoms with Gasteiger partial charge in [-0.1, -0.05) is 6.07 Å². The van der Waals surface area contributed by atoms with Gasteiger partial charge in [0.25, 0.3) is 0 Å². The zero-order valence-electron chi connectivity index (χ0n) is 16.6. The van der Waals surface area contributed by atoms with E-state index in [1.54, 1.807) is 25.3 Å². The second-order valence-electron chi connectivity index (χ2n) is 6.10. The second-order valence-corrected chi connectivity index (χ2v) is 6.10. The molecular weight excluding hydrogens is 372 g/mol. The molecule has 29 heavy (non-hydrogen) atoms. The van der Waals surface area contributed by atoms with Gasteiger partial charge in [0.05, 0.1) is 19.9 Å². The van der Waals surface area contributed by atoms with Gasteiger partial charge >= 0.3 is 6.03 Å². The van der Waals surface area contributed by atoms with E-state index in [0.717, 1.165) is 5.82 Å². The van der Waals surface area contributed by atoms with Crippen molar-refractivity contribution in [3.05, 3.63) is 54.6 Å². The van der Waals surface area contributed by atoms with Crippen molar-refractivity contribution in [3.63, 3.8) is 0 Å². The van der Waals surface area contributed by atoms with E-state index in [0.29, 0.717) is 41.9 Å². The number of benzene rings is 1. The molecule has 0 aliphatic heterocycles. The Labute approximate surface area is 169 Å². The predicted octanol–water partition coefficient (Wildman–Crippen LogP) is 2.83. The van der Waals surface area contributed by atoms with Crippen LogP contribution in [0.5, 0.6) is 11.5 Å². The van der Waals surface area contributed by atoms with Crippen LogP contribution in [0.1, 0.15) is 5.82 Å². The Morgan fingerprint density at radius 3 is 2.59 bits per heavy atom. The molecule has 0 fully saturated rings. The van der Waals surface area contributed by atoms with Crippen LogP contribution in [0.25, 0.3) is 5.82 Å². The van der Waals surface area contributed by atoms with Gasteiger partial charge in [0.15, 0.2) is 11.5 Å². The van der Waals surface area contributed by atoms with E-state index in [9.17, 15) is 4.79 Å². The number of rotatable bonds is 8. The zero-order chi connectivity index (χ0) is 20.6. The molecule has 3 rings (SSSR count). The monoisotopic (exact) mass is 396 g/mol. The molecule has 2 aromatic heterocycles. The SMILES string of the molecule is COc1cccc(NC(=O)NCCNc2cc(-n3cccc3)nc(C)n2)c1OC. The topological polar surface area (TPSA) is 102 Å². The highest BCUT2D eigenvalue weighted by atomic mass is 16.5. The summed E-state index contributed by atoms with van der Waals surface area (Å²) in [5, 5.41) is 8.75. The minimum atomic E-state index is -0.342. The van der Waals surface area contributed by atoms with Crippen molar-refractivity contribution in [2.45, 2.75) is 6.92 Å². The molecule has 0 spiro atoms. The molecule has 152 valence electrons. The largest absolute Gasteiger partial charge is 0.493 e. The number of anilines is 2. The van der Waals surface area contributed by atoms with E-state index in [-0.39, 0.29) is 6.03 Å². The third-order valence-electron chi connectivity index (χ3n) is 4.06. The van der Waals surface area contributed by atoms with Crippen molar-refractivity contribution in [1.82, 2.24) is 19.9 Å². The van der Waals surface area contributed by atoms with E-state index < -0.39 is 0 Å². The van der Waals surface area contributed by atoms with Gasteiger partial charge in [-0.15, -0.1) is 0 Å². The van der Waals surface area contributed by atoms with E-state index in [2.05, 4.69) is 25.9 Å². The van der Waals surface area contributed by atoms with E-state index in [4.69, 9.17) is 9.47 Å². The Morgan fingerprint density at radius 2 is 1.86 bits per heavy atom. The van der Waals surface area contributed by atoms with E-state index in [1.165, 1.54) is 7.11 Å². The van der Waals surface area contributed by atoms with Crippen LogP contribution in [-0.2, 0) is 0 Å². The summed E-state index contributed by atoms with van der Waals surface area (Å²) < 4.78 is 12.5. The van der Waals surface area contributed by atoms with E-state index >= 15 is 0 Å². The van der Waals surface area contributed by atoms with E-state index in [1.807, 2.05) is 42.1 Å². The lowest BCUT2D eigenvalue weighted by Gasteiger charge is -2.14. The highest BCUT2D eigenvalue weighted by Gasteiger charge is 2.11. The molecule has 0 saturated heterocycles. The van der Waals surface area contributed by atoms with Crippen LogP contribution in [0, 0.1) is 6.92 Å². The first kappa shape index (κ1) is 20.0. The van der Waals surface area contributed by atoms with Crippen LogP contribution in [-0.4, -0.2) is 47.9 Å². The van der Waals surface area contributed by atoms with Crippen LogP contribution < -0.4 is 25.4 Å². The second kappa shape index (κ2) is 9.45. The third-order valence-corrected chi connectivity index (χ3v) is 4.06. The molecule has 0 bridgehead atoms. The van der Waals surface area contributed by atoms with Crippen LogP contribution in [0.15, 0.2) is 48.8 Å². The van der Waals surface area contributed by atoms with Crippen molar-refractivity contribution in [1.29, 1.82) is 0 Å². The first-order valence-electron chi connectivity index (χ1n) is 9.09. The van der Waals surface area contributed by atoms with Gasteiger partial charge in [-0.05, 0) is 31.2 Å². The lowest BCUT2D eigenvalue weighted by molar-refractivity contribution is 0.252. The molecule has 3 N–H and O–H groups in total. The minimum absolute atomic E-state index is 0.342. The molecule has 2 amide bonds. The molecule has 0 atom stereocenters. The van der Waals surface area contributed by atoms with Gasteiger partial charge in [-0.3, -0.25) is 0 Å². The minimum Gasteiger partial charge on any atom is -0.493 e. The fourth-order valence-electron chi connectivity index (χ4n) is 2.78. The molecule has 0 unspecified atom stereocenters. The Bertz CT molecular complexity index is 959. The lowest BCUT2D eigenvalue weighted by atomic mass is 10.2. The Kier molecular flexibility index (Phi) is 6.51. The molecule has 0 aliphatic rings. The van der Waals surface area contributed by atoms with Gasteiger partial charge in [-0.2, -0.15) is 0 Å². The number of nitrogens with one attached hydrogen (secondary N) is 3. The Morgan fingerprint density at radius 1 is 1.07 bits per heavy atom. The number of hydrogen-bond acceptors (Lipinski definition) is 6. The van der Waals surface area contributed by atoms with Crippen molar-refractivity contribution in [2.24, 2.45) is 0 Å². The maximum absolute atomic E-state index is 12.2. The Balaban J connectivity index is 1.52. The Hall–Kier alpha value is -3.75. The summed E-state index contributed by atoms with van der Waals surface area (Å²) in [6.07, 6.45) is 3.84. The molecule has 3 aromatic rings. The van der Waals surface area contributed by atoms with Gasteiger partial charge in [-0.25, -0.2) is 14.8 Å². The lowest BCUT2D eigenvalue weighted by Crippen LogP contribution is -2.32. The number of aryl methyl sites for hydroxylation is 1. The number of methoxy groups -OCH3 is 2. The van der Waals surface area contributed by atoms with Crippen molar-refractivity contribution < 1.29 is 14.3 Å². The van der Waals surface area contributed by atoms with Crippen molar-refractivity contribution in [3.8, 4) is 17.3 Å². The number of carbonyl (C=O) groups is 1. The first-order chi connectivity index (χ1) is 14.1. The maximum Gasteiger partial charge on any atom is 0.319 e. The number of ether oxygens (including phenoxy) is 2. The van der Waals surface area contributed by atoms with Crippen molar-refractivity contribution >= 4 is 17.5 Å². The normalized spacial score (nSPS) is 10.3. The molecule has 9 heteroatoms. The molecule has 0 aliphatic carbocycles. The first-order valence-corrected chi connectivity index (χ1v) is 9.09. The highest BCUT2D eigenvalue weighted by Crippen LogP contribution is 2.34. The third kappa shape index (κ3) is 5.16. The van der Waals surface area contributed by atoms with Crippen LogP contribution in [0.2, 0.25) is 0 Å². The summed E-state index contributed by atoms with van der Waals surface area (Å²) in [4.78, 5) is 21.0. The molecule has 0 saturated carbocycles. The summed E-state index contributed by atoms with van der Waals surface area (Å²) >= 11 is 0. The summed E-state index contributed by atoms with van der Waals surface area (Å²) in [5.41, 5.74) is 0.528. The number of aromatic nitrogens is 3. The molecule has 9 nitrogen and oxygen atoms in total. The number of urea groups is 1. The van der Waals surface area contributed by atoms with Crippen LogP contribution in [0.3, 0.4) is 0 Å². The molecule has 2 heterocycles. The summed E-state index contributed by atoms with van der Waals surface area (Å²) in [6, 6.07) is 10.7. The average Bonchev–Trinajstić information content (AvgIpc) is 3.25. The number of nitrogens with zero attached hydrogens (tertiary/aromatic N) is 3. The number of carbonyl (C=O) groups excluding carboxylic acids is 1. The number of hydrogen-bond donors (Lipinski definition) is 3. The fraction of sp³-hybridized carbons (Fsp3) is 0.250. The molecule has 0 radical (unpaired) electrons. The fourth-order valence-corrected chi connectivity index (χ4v) is 2.78. The summed E-state index contributed by atoms with van der Waals surface area (Å²) in [6.45, 7) is 2.75. The summed E-state index contributed by atoms with van der Waals surface area (Å²) in [5.74, 6) is 3.15. The number of para-hydroxylation sites is 1. The van der Waals surface area contributed by atoms with Crippen LogP contribution >= 0.6 is 0 Å². The average molecular weight is 396 g/mol. The predicted molar refractivity (Wildman–Crippen MR) is 111 cm³/mol. The molecular formula is C20H24N6O3. The van der Waals surface area contributed by atoms with Gasteiger partial charge in [0, 0.05) is 31.5 Å². The quantitative estimate of drug-likeness (QED) is 0.506. The van der Waals surface area contributed by atoms with Gasteiger partial charge in [0.1, 0.15) is 17.5 Å². The smallest absolute Gasteiger partial charge is 0.319 e.